The van der Waals surface area contributed by atoms with E-state index < -0.39 is 10.0 Å². The molecule has 1 aliphatic rings. The summed E-state index contributed by atoms with van der Waals surface area (Å²) in [5, 5.41) is 0. The zero-order valence-corrected chi connectivity index (χ0v) is 14.0. The van der Waals surface area contributed by atoms with Gasteiger partial charge in [-0.1, -0.05) is 24.4 Å². The maximum Gasteiger partial charge on any atom is 0.243 e. The fraction of sp³-hybridized carbons (Fsp3) is 0.500. The summed E-state index contributed by atoms with van der Waals surface area (Å²) in [4.78, 5) is 0.432. The van der Waals surface area contributed by atoms with E-state index in [2.05, 4.69) is 0 Å². The van der Waals surface area contributed by atoms with E-state index in [1.54, 1.807) is 32.2 Å². The van der Waals surface area contributed by atoms with E-state index in [9.17, 15) is 8.42 Å². The number of nitrogens with zero attached hydrogens (tertiary/aromatic N) is 1. The van der Waals surface area contributed by atoms with Crippen LogP contribution in [0.15, 0.2) is 23.1 Å². The molecule has 0 radical (unpaired) electrons. The van der Waals surface area contributed by atoms with E-state index >= 15 is 0 Å². The van der Waals surface area contributed by atoms with Gasteiger partial charge >= 0.3 is 0 Å². The van der Waals surface area contributed by atoms with Crippen LogP contribution >= 0.6 is 12.2 Å². The molecule has 0 bridgehead atoms. The first kappa shape index (κ1) is 16.4. The average Bonchev–Trinajstić information content (AvgIpc) is 2.83. The highest BCUT2D eigenvalue weighted by Crippen LogP contribution is 2.27. The maximum atomic E-state index is 12.8. The fourth-order valence-corrected chi connectivity index (χ4v) is 4.38. The predicted molar refractivity (Wildman–Crippen MR) is 85.8 cm³/mol. The first-order valence-corrected chi connectivity index (χ1v) is 8.60. The summed E-state index contributed by atoms with van der Waals surface area (Å²) < 4.78 is 32.6. The van der Waals surface area contributed by atoms with Crippen LogP contribution in [0.25, 0.3) is 0 Å². The molecule has 1 heterocycles. The van der Waals surface area contributed by atoms with Crippen molar-refractivity contribution >= 4 is 27.2 Å². The highest BCUT2D eigenvalue weighted by Gasteiger charge is 2.35. The highest BCUT2D eigenvalue weighted by atomic mass is 32.2. The van der Waals surface area contributed by atoms with Gasteiger partial charge in [0.05, 0.1) is 17.0 Å². The minimum atomic E-state index is -3.60. The lowest BCUT2D eigenvalue weighted by molar-refractivity contribution is 0.102. The number of ether oxygens (including phenoxy) is 1. The lowest BCUT2D eigenvalue weighted by Gasteiger charge is -2.26. The van der Waals surface area contributed by atoms with Crippen LogP contribution in [0, 0.1) is 6.92 Å². The molecule has 2 unspecified atom stereocenters. The molecule has 2 atom stereocenters. The summed E-state index contributed by atoms with van der Waals surface area (Å²) in [5.41, 5.74) is 6.83. The van der Waals surface area contributed by atoms with E-state index in [-0.39, 0.29) is 22.0 Å². The van der Waals surface area contributed by atoms with Crippen LogP contribution in [0.1, 0.15) is 24.5 Å². The van der Waals surface area contributed by atoms with Crippen molar-refractivity contribution in [1.29, 1.82) is 0 Å². The Labute approximate surface area is 131 Å². The van der Waals surface area contributed by atoms with Crippen molar-refractivity contribution in [2.24, 2.45) is 5.73 Å². The van der Waals surface area contributed by atoms with Crippen LogP contribution in [0.4, 0.5) is 0 Å². The number of thiocarbonyl (C=S) groups is 1. The van der Waals surface area contributed by atoms with E-state index in [1.807, 2.05) is 6.92 Å². The lowest BCUT2D eigenvalue weighted by Crippen LogP contribution is -2.41. The average molecular weight is 328 g/mol. The van der Waals surface area contributed by atoms with Gasteiger partial charge in [0.2, 0.25) is 10.0 Å². The fourth-order valence-electron chi connectivity index (χ4n) is 2.56. The molecule has 1 aromatic rings. The molecule has 7 heteroatoms. The molecule has 1 aliphatic heterocycles. The van der Waals surface area contributed by atoms with Gasteiger partial charge in [0, 0.05) is 19.2 Å². The third-order valence-electron chi connectivity index (χ3n) is 3.93. The van der Waals surface area contributed by atoms with Gasteiger partial charge in [0.25, 0.3) is 0 Å². The van der Waals surface area contributed by atoms with E-state index in [4.69, 9.17) is 22.7 Å². The maximum absolute atomic E-state index is 12.8. The number of likely N-dealkylation sites (N-methyl/N-ethyl adjacent to an activating group) is 1. The molecule has 116 valence electrons. The molecule has 0 aliphatic carbocycles. The molecule has 1 aromatic carbocycles. The molecule has 5 nitrogen and oxygen atoms in total. The normalized spacial score (nSPS) is 22.7. The van der Waals surface area contributed by atoms with Gasteiger partial charge in [-0.15, -0.1) is 0 Å². The molecule has 1 fully saturated rings. The number of nitrogens with two attached hydrogens (primary N) is 1. The van der Waals surface area contributed by atoms with Crippen LogP contribution in [0.2, 0.25) is 0 Å². The zero-order valence-electron chi connectivity index (χ0n) is 12.4. The smallest absolute Gasteiger partial charge is 0.243 e. The third-order valence-corrected chi connectivity index (χ3v) is 6.19. The van der Waals surface area contributed by atoms with Crippen molar-refractivity contribution < 1.29 is 13.2 Å². The third kappa shape index (κ3) is 3.11. The van der Waals surface area contributed by atoms with Crippen LogP contribution < -0.4 is 5.73 Å². The standard InChI is InChI=1S/C14H20N2O3S2/c1-9-4-5-11(14(15)20)8-13(9)21(17,18)16(3)12-6-7-19-10(12)2/h4-5,8,10,12H,6-7H2,1-3H3,(H2,15,20). The van der Waals surface area contributed by atoms with Gasteiger partial charge < -0.3 is 10.5 Å². The van der Waals surface area contributed by atoms with Crippen molar-refractivity contribution in [3.63, 3.8) is 0 Å². The molecular formula is C14H20N2O3S2. The van der Waals surface area contributed by atoms with Crippen molar-refractivity contribution in [3.05, 3.63) is 29.3 Å². The van der Waals surface area contributed by atoms with Crippen molar-refractivity contribution in [2.45, 2.75) is 37.3 Å². The molecule has 0 spiro atoms. The van der Waals surface area contributed by atoms with Crippen LogP contribution in [-0.4, -0.2) is 43.5 Å². The second kappa shape index (κ2) is 6.00. The Hall–Kier alpha value is -1.02. The first-order valence-electron chi connectivity index (χ1n) is 6.75. The van der Waals surface area contributed by atoms with Gasteiger partial charge in [0.15, 0.2) is 0 Å². The zero-order chi connectivity index (χ0) is 15.8. The Kier molecular flexibility index (Phi) is 4.67. The van der Waals surface area contributed by atoms with Gasteiger partial charge in [-0.25, -0.2) is 8.42 Å². The van der Waals surface area contributed by atoms with Crippen LogP contribution in [0.3, 0.4) is 0 Å². The Bertz CT molecular complexity index is 658. The Morgan fingerprint density at radius 1 is 1.48 bits per heavy atom. The quantitative estimate of drug-likeness (QED) is 0.847. The number of benzene rings is 1. The van der Waals surface area contributed by atoms with Gasteiger partial charge in [-0.3, -0.25) is 0 Å². The summed E-state index contributed by atoms with van der Waals surface area (Å²) in [6, 6.07) is 4.86. The number of hydrogen-bond acceptors (Lipinski definition) is 4. The Morgan fingerprint density at radius 3 is 2.67 bits per heavy atom. The number of aryl methyl sites for hydroxylation is 1. The molecule has 2 rings (SSSR count). The summed E-state index contributed by atoms with van der Waals surface area (Å²) in [6.45, 7) is 4.23. The lowest BCUT2D eigenvalue weighted by atomic mass is 10.1. The molecule has 21 heavy (non-hydrogen) atoms. The molecule has 0 aromatic heterocycles. The summed E-state index contributed by atoms with van der Waals surface area (Å²) in [6.07, 6.45) is 0.592. The van der Waals surface area contributed by atoms with Crippen LogP contribution in [0.5, 0.6) is 0 Å². The molecule has 0 saturated carbocycles. The van der Waals surface area contributed by atoms with Gasteiger partial charge in [-0.2, -0.15) is 4.31 Å². The molecule has 0 amide bonds. The van der Waals surface area contributed by atoms with Crippen molar-refractivity contribution in [2.75, 3.05) is 13.7 Å². The monoisotopic (exact) mass is 328 g/mol. The minimum absolute atomic E-state index is 0.108. The largest absolute Gasteiger partial charge is 0.389 e. The predicted octanol–water partition coefficient (Wildman–Crippen LogP) is 1.43. The summed E-state index contributed by atoms with van der Waals surface area (Å²) >= 11 is 4.93. The highest BCUT2D eigenvalue weighted by molar-refractivity contribution is 7.89. The molecule has 1 saturated heterocycles. The van der Waals surface area contributed by atoms with Crippen molar-refractivity contribution in [3.8, 4) is 0 Å². The van der Waals surface area contributed by atoms with Crippen molar-refractivity contribution in [1.82, 2.24) is 4.31 Å². The second-order valence-electron chi connectivity index (χ2n) is 5.30. The van der Waals surface area contributed by atoms with Crippen LogP contribution in [-0.2, 0) is 14.8 Å². The molecule has 2 N–H and O–H groups in total. The number of hydrogen-bond donors (Lipinski definition) is 1. The Balaban J connectivity index is 2.43. The van der Waals surface area contributed by atoms with E-state index in [1.165, 1.54) is 4.31 Å². The number of rotatable bonds is 4. The Morgan fingerprint density at radius 2 is 2.14 bits per heavy atom. The van der Waals surface area contributed by atoms with E-state index in [0.29, 0.717) is 24.2 Å². The van der Waals surface area contributed by atoms with Gasteiger partial charge in [0.1, 0.15) is 4.99 Å². The minimum Gasteiger partial charge on any atom is -0.389 e. The summed E-state index contributed by atoms with van der Waals surface area (Å²) in [7, 11) is -2.01. The molecular weight excluding hydrogens is 308 g/mol. The SMILES string of the molecule is Cc1ccc(C(N)=S)cc1S(=O)(=O)N(C)C1CCOC1C. The second-order valence-corrected chi connectivity index (χ2v) is 7.70. The topological polar surface area (TPSA) is 72.6 Å². The summed E-state index contributed by atoms with van der Waals surface area (Å²) in [5.74, 6) is 0. The van der Waals surface area contributed by atoms with Gasteiger partial charge in [-0.05, 0) is 31.9 Å². The first-order chi connectivity index (χ1) is 9.75. The number of sulfonamides is 1. The van der Waals surface area contributed by atoms with E-state index in [0.717, 1.165) is 0 Å².